The quantitative estimate of drug-likeness (QED) is 0.792. The van der Waals surface area contributed by atoms with Gasteiger partial charge in [-0.1, -0.05) is 0 Å². The summed E-state index contributed by atoms with van der Waals surface area (Å²) in [6.45, 7) is 3.01. The van der Waals surface area contributed by atoms with E-state index in [0.29, 0.717) is 0 Å². The molecule has 0 aromatic carbocycles. The van der Waals surface area contributed by atoms with Crippen molar-refractivity contribution in [3.05, 3.63) is 30.2 Å². The Labute approximate surface area is 108 Å². The number of nitrogens with zero attached hydrogens (tertiary/aromatic N) is 5. The van der Waals surface area contributed by atoms with Crippen LogP contribution in [0.3, 0.4) is 0 Å². The van der Waals surface area contributed by atoms with Crippen molar-refractivity contribution in [2.24, 2.45) is 4.40 Å². The molecule has 8 nitrogen and oxygen atoms in total. The van der Waals surface area contributed by atoms with Crippen LogP contribution in [0.25, 0.3) is 5.82 Å². The van der Waals surface area contributed by atoms with Gasteiger partial charge in [-0.25, -0.2) is 9.67 Å². The molecule has 2 aromatic rings. The van der Waals surface area contributed by atoms with E-state index in [0.717, 1.165) is 4.68 Å². The fourth-order valence-electron chi connectivity index (χ4n) is 1.38. The van der Waals surface area contributed by atoms with Gasteiger partial charge in [0, 0.05) is 6.72 Å². The van der Waals surface area contributed by atoms with Gasteiger partial charge in [0.1, 0.15) is 11.0 Å². The van der Waals surface area contributed by atoms with Crippen molar-refractivity contribution in [1.29, 1.82) is 5.26 Å². The van der Waals surface area contributed by atoms with E-state index in [1.165, 1.54) is 24.7 Å². The lowest BCUT2D eigenvalue weighted by Gasteiger charge is -2.07. The van der Waals surface area contributed by atoms with E-state index >= 15 is 0 Å². The first-order valence-corrected chi connectivity index (χ1v) is 6.35. The van der Waals surface area contributed by atoms with Crippen LogP contribution in [0.4, 0.5) is 5.69 Å². The molecule has 0 aliphatic rings. The van der Waals surface area contributed by atoms with Gasteiger partial charge >= 0.3 is 0 Å². The number of hydrogen-bond acceptors (Lipinski definition) is 6. The number of sulfonamides is 1. The number of nitriles is 1. The Hall–Kier alpha value is -2.73. The molecule has 0 aliphatic carbocycles. The third kappa shape index (κ3) is 2.29. The maximum Gasteiger partial charge on any atom is 0.285 e. The Balaban J connectivity index is 2.71. The zero-order chi connectivity index (χ0) is 14.0. The van der Waals surface area contributed by atoms with Crippen molar-refractivity contribution < 1.29 is 8.42 Å². The van der Waals surface area contributed by atoms with E-state index in [-0.39, 0.29) is 22.0 Å². The highest BCUT2D eigenvalue weighted by Gasteiger charge is 2.20. The van der Waals surface area contributed by atoms with Gasteiger partial charge in [-0.05, 0) is 6.07 Å². The summed E-state index contributed by atoms with van der Waals surface area (Å²) < 4.78 is 27.8. The van der Waals surface area contributed by atoms with Crippen LogP contribution in [-0.2, 0) is 10.0 Å². The van der Waals surface area contributed by atoms with Crippen LogP contribution in [0.15, 0.2) is 34.0 Å². The molecule has 2 heterocycles. The van der Waals surface area contributed by atoms with E-state index in [1.54, 1.807) is 0 Å². The molecule has 0 radical (unpaired) electrons. The summed E-state index contributed by atoms with van der Waals surface area (Å²) in [6.07, 6.45) is 3.92. The lowest BCUT2D eigenvalue weighted by Crippen LogP contribution is -2.08. The molecular formula is C10H8N6O2S. The second kappa shape index (κ2) is 4.51. The van der Waals surface area contributed by atoms with Crippen LogP contribution in [0.2, 0.25) is 0 Å². The first-order valence-electron chi connectivity index (χ1n) is 4.91. The van der Waals surface area contributed by atoms with E-state index in [1.807, 2.05) is 6.07 Å². The molecule has 0 amide bonds. The number of aromatic nitrogens is 3. The zero-order valence-corrected chi connectivity index (χ0v) is 10.4. The van der Waals surface area contributed by atoms with Crippen LogP contribution < -0.4 is 5.73 Å². The predicted molar refractivity (Wildman–Crippen MR) is 67.2 cm³/mol. The number of pyridine rings is 1. The lowest BCUT2D eigenvalue weighted by molar-refractivity contribution is 0.596. The Morgan fingerprint density at radius 3 is 2.79 bits per heavy atom. The number of nitrogen functional groups attached to an aromatic ring is 1. The smallest absolute Gasteiger partial charge is 0.285 e. The molecule has 0 atom stereocenters. The van der Waals surface area contributed by atoms with Gasteiger partial charge in [0.05, 0.1) is 29.8 Å². The van der Waals surface area contributed by atoms with Crippen LogP contribution in [-0.4, -0.2) is 29.9 Å². The summed E-state index contributed by atoms with van der Waals surface area (Å²) in [5.41, 5.74) is 5.95. The van der Waals surface area contributed by atoms with Gasteiger partial charge in [-0.2, -0.15) is 23.2 Å². The van der Waals surface area contributed by atoms with Crippen molar-refractivity contribution in [3.63, 3.8) is 0 Å². The number of rotatable bonds is 3. The van der Waals surface area contributed by atoms with Crippen LogP contribution in [0.5, 0.6) is 0 Å². The number of hydrogen-bond donors (Lipinski definition) is 1. The average Bonchev–Trinajstić information content (AvgIpc) is 2.87. The second-order valence-corrected chi connectivity index (χ2v) is 5.13. The van der Waals surface area contributed by atoms with Gasteiger partial charge in [-0.3, -0.25) is 0 Å². The molecule has 96 valence electrons. The topological polar surface area (TPSA) is 127 Å². The maximum absolute atomic E-state index is 11.8. The minimum atomic E-state index is -3.97. The molecule has 0 fully saturated rings. The minimum absolute atomic E-state index is 0.00287. The Morgan fingerprint density at radius 2 is 2.21 bits per heavy atom. The van der Waals surface area contributed by atoms with Crippen molar-refractivity contribution in [1.82, 2.24) is 14.8 Å². The highest BCUT2D eigenvalue weighted by Crippen LogP contribution is 2.21. The molecular weight excluding hydrogens is 268 g/mol. The molecule has 2 aromatic heterocycles. The number of nitrogens with two attached hydrogens (primary N) is 1. The van der Waals surface area contributed by atoms with Crippen molar-refractivity contribution in [2.45, 2.75) is 4.90 Å². The molecule has 2 rings (SSSR count). The summed E-state index contributed by atoms with van der Waals surface area (Å²) in [5.74, 6) is 0.00287. The van der Waals surface area contributed by atoms with Gasteiger partial charge in [-0.15, -0.1) is 0 Å². The van der Waals surface area contributed by atoms with Crippen LogP contribution >= 0.6 is 0 Å². The van der Waals surface area contributed by atoms with E-state index < -0.39 is 10.0 Å². The minimum Gasteiger partial charge on any atom is -0.397 e. The van der Waals surface area contributed by atoms with Crippen molar-refractivity contribution in [2.75, 3.05) is 5.73 Å². The molecule has 0 aliphatic heterocycles. The van der Waals surface area contributed by atoms with E-state index in [2.05, 4.69) is 21.2 Å². The monoisotopic (exact) mass is 276 g/mol. The maximum atomic E-state index is 11.8. The summed E-state index contributed by atoms with van der Waals surface area (Å²) in [4.78, 5) is 3.68. The van der Waals surface area contributed by atoms with Gasteiger partial charge in [0.2, 0.25) is 0 Å². The molecule has 0 saturated carbocycles. The van der Waals surface area contributed by atoms with E-state index in [4.69, 9.17) is 11.0 Å². The third-order valence-corrected chi connectivity index (χ3v) is 3.43. The fraction of sp³-hybridized carbons (Fsp3) is 0. The summed E-state index contributed by atoms with van der Waals surface area (Å²) >= 11 is 0. The van der Waals surface area contributed by atoms with Gasteiger partial charge < -0.3 is 5.73 Å². The normalized spacial score (nSPS) is 10.9. The van der Waals surface area contributed by atoms with Crippen molar-refractivity contribution >= 4 is 22.4 Å². The molecule has 0 unspecified atom stereocenters. The van der Waals surface area contributed by atoms with E-state index in [9.17, 15) is 8.42 Å². The molecule has 2 N–H and O–H groups in total. The predicted octanol–water partition coefficient (Wildman–Crippen LogP) is 0.110. The molecule has 19 heavy (non-hydrogen) atoms. The van der Waals surface area contributed by atoms with Crippen LogP contribution in [0, 0.1) is 11.3 Å². The molecule has 0 spiro atoms. The summed E-state index contributed by atoms with van der Waals surface area (Å²) in [6, 6.07) is 3.09. The SMILES string of the molecule is C=NS(=O)(=O)c1cc(N)cnc1-n1cc(C#N)cn1. The first kappa shape index (κ1) is 12.7. The van der Waals surface area contributed by atoms with Crippen LogP contribution in [0.1, 0.15) is 5.56 Å². The Bertz CT molecular complexity index is 787. The average molecular weight is 276 g/mol. The lowest BCUT2D eigenvalue weighted by atomic mass is 10.4. The zero-order valence-electron chi connectivity index (χ0n) is 9.55. The highest BCUT2D eigenvalue weighted by molar-refractivity contribution is 7.90. The standard InChI is InChI=1S/C10H8N6O2S/c1-13-19(17,18)9-2-8(12)5-14-10(9)16-6-7(3-11)4-15-16/h2,4-6H,1,12H2. The second-order valence-electron chi connectivity index (χ2n) is 3.48. The van der Waals surface area contributed by atoms with Crippen molar-refractivity contribution in [3.8, 4) is 11.9 Å². The molecule has 9 heteroatoms. The Kier molecular flexibility index (Phi) is 3.02. The molecule has 0 saturated heterocycles. The third-order valence-electron chi connectivity index (χ3n) is 2.23. The fourth-order valence-corrected chi connectivity index (χ4v) is 2.18. The summed E-state index contributed by atoms with van der Waals surface area (Å²) in [7, 11) is -3.97. The largest absolute Gasteiger partial charge is 0.397 e. The van der Waals surface area contributed by atoms with Gasteiger partial charge in [0.15, 0.2) is 5.82 Å². The molecule has 0 bridgehead atoms. The Morgan fingerprint density at radius 1 is 1.47 bits per heavy atom. The first-order chi connectivity index (χ1) is 8.97. The summed E-state index contributed by atoms with van der Waals surface area (Å²) in [5, 5.41) is 12.6. The number of anilines is 1. The van der Waals surface area contributed by atoms with Gasteiger partial charge in [0.25, 0.3) is 10.0 Å². The highest BCUT2D eigenvalue weighted by atomic mass is 32.2.